The number of pyridine rings is 1. The van der Waals surface area contributed by atoms with Crippen LogP contribution in [0.5, 0.6) is 0 Å². The van der Waals surface area contributed by atoms with Crippen LogP contribution in [0.25, 0.3) is 0 Å². The molecule has 2 rings (SSSR count). The Hall–Kier alpha value is -2.09. The molecule has 0 saturated carbocycles. The molecular formula is C12H14N4O. The van der Waals surface area contributed by atoms with Crippen molar-refractivity contribution in [1.82, 2.24) is 10.3 Å². The monoisotopic (exact) mass is 230 g/mol. The molecule has 0 radical (unpaired) electrons. The molecule has 1 aliphatic heterocycles. The van der Waals surface area contributed by atoms with Crippen LogP contribution in [0.2, 0.25) is 0 Å². The lowest BCUT2D eigenvalue weighted by Gasteiger charge is -2.24. The lowest BCUT2D eigenvalue weighted by Crippen LogP contribution is -2.42. The predicted octanol–water partition coefficient (Wildman–Crippen LogP) is 0.668. The van der Waals surface area contributed by atoms with E-state index in [4.69, 9.17) is 5.26 Å². The van der Waals surface area contributed by atoms with E-state index in [-0.39, 0.29) is 11.9 Å². The van der Waals surface area contributed by atoms with Crippen LogP contribution in [0, 0.1) is 11.3 Å². The molecule has 0 aliphatic carbocycles. The van der Waals surface area contributed by atoms with Gasteiger partial charge in [-0.05, 0) is 25.0 Å². The van der Waals surface area contributed by atoms with Crippen LogP contribution >= 0.6 is 0 Å². The van der Waals surface area contributed by atoms with Crippen molar-refractivity contribution >= 4 is 11.7 Å². The highest BCUT2D eigenvalue weighted by atomic mass is 16.2. The number of amides is 1. The molecule has 5 heteroatoms. The molecule has 1 aromatic heterocycles. The van der Waals surface area contributed by atoms with Gasteiger partial charge in [-0.1, -0.05) is 0 Å². The molecule has 1 amide bonds. The van der Waals surface area contributed by atoms with Crippen molar-refractivity contribution in [3.8, 4) is 6.07 Å². The third-order valence-corrected chi connectivity index (χ3v) is 2.97. The zero-order valence-electron chi connectivity index (χ0n) is 9.68. The molecule has 0 bridgehead atoms. The number of nitrogens with one attached hydrogen (secondary N) is 1. The second-order valence-electron chi connectivity index (χ2n) is 3.98. The third kappa shape index (κ3) is 2.21. The summed E-state index contributed by atoms with van der Waals surface area (Å²) in [6, 6.07) is 5.41. The first kappa shape index (κ1) is 11.4. The van der Waals surface area contributed by atoms with E-state index in [0.29, 0.717) is 5.56 Å². The number of rotatable bonds is 2. The summed E-state index contributed by atoms with van der Waals surface area (Å²) in [6.07, 6.45) is 3.37. The Kier molecular flexibility index (Phi) is 3.24. The molecule has 1 atom stereocenters. The number of aromatic nitrogens is 1. The SMILES string of the molecule is CNC(=O)C1CCCN1c1ccc(C#N)cn1. The van der Waals surface area contributed by atoms with E-state index in [2.05, 4.69) is 10.3 Å². The molecule has 17 heavy (non-hydrogen) atoms. The first-order valence-corrected chi connectivity index (χ1v) is 5.60. The van der Waals surface area contributed by atoms with Crippen LogP contribution in [-0.2, 0) is 4.79 Å². The summed E-state index contributed by atoms with van der Waals surface area (Å²) in [6.45, 7) is 0.830. The highest BCUT2D eigenvalue weighted by molar-refractivity contribution is 5.85. The largest absolute Gasteiger partial charge is 0.357 e. The van der Waals surface area contributed by atoms with Crippen LogP contribution in [0.1, 0.15) is 18.4 Å². The lowest BCUT2D eigenvalue weighted by molar-refractivity contribution is -0.121. The maximum Gasteiger partial charge on any atom is 0.242 e. The summed E-state index contributed by atoms with van der Waals surface area (Å²) >= 11 is 0. The number of hydrogen-bond donors (Lipinski definition) is 1. The third-order valence-electron chi connectivity index (χ3n) is 2.97. The van der Waals surface area contributed by atoms with Crippen molar-refractivity contribution in [3.63, 3.8) is 0 Å². The van der Waals surface area contributed by atoms with E-state index < -0.39 is 0 Å². The van der Waals surface area contributed by atoms with Gasteiger partial charge in [0.1, 0.15) is 17.9 Å². The van der Waals surface area contributed by atoms with E-state index in [9.17, 15) is 4.79 Å². The van der Waals surface area contributed by atoms with Crippen molar-refractivity contribution < 1.29 is 4.79 Å². The van der Waals surface area contributed by atoms with Gasteiger partial charge < -0.3 is 10.2 Å². The average molecular weight is 230 g/mol. The maximum atomic E-state index is 11.7. The highest BCUT2D eigenvalue weighted by Gasteiger charge is 2.30. The van der Waals surface area contributed by atoms with Gasteiger partial charge in [0.25, 0.3) is 0 Å². The second-order valence-corrected chi connectivity index (χ2v) is 3.98. The van der Waals surface area contributed by atoms with Gasteiger partial charge in [-0.25, -0.2) is 4.98 Å². The van der Waals surface area contributed by atoms with E-state index in [1.807, 2.05) is 11.0 Å². The minimum Gasteiger partial charge on any atom is -0.357 e. The number of carbonyl (C=O) groups is 1. The molecule has 1 saturated heterocycles. The normalized spacial score (nSPS) is 18.8. The molecule has 1 fully saturated rings. The summed E-state index contributed by atoms with van der Waals surface area (Å²) in [7, 11) is 1.64. The summed E-state index contributed by atoms with van der Waals surface area (Å²) in [5.74, 6) is 0.781. The van der Waals surface area contributed by atoms with E-state index in [0.717, 1.165) is 25.2 Å². The van der Waals surface area contributed by atoms with E-state index in [1.54, 1.807) is 19.2 Å². The number of nitrogens with zero attached hydrogens (tertiary/aromatic N) is 3. The molecule has 1 unspecified atom stereocenters. The van der Waals surface area contributed by atoms with Crippen molar-refractivity contribution in [2.75, 3.05) is 18.5 Å². The van der Waals surface area contributed by atoms with Crippen LogP contribution < -0.4 is 10.2 Å². The predicted molar refractivity (Wildman–Crippen MR) is 63.4 cm³/mol. The van der Waals surface area contributed by atoms with Gasteiger partial charge in [0, 0.05) is 19.8 Å². The summed E-state index contributed by atoms with van der Waals surface area (Å²) < 4.78 is 0. The minimum atomic E-state index is -0.138. The number of likely N-dealkylation sites (N-methyl/N-ethyl adjacent to an activating group) is 1. The fourth-order valence-electron chi connectivity index (χ4n) is 2.10. The van der Waals surface area contributed by atoms with E-state index >= 15 is 0 Å². The lowest BCUT2D eigenvalue weighted by atomic mass is 10.2. The molecule has 1 aromatic rings. The Bertz CT molecular complexity index is 449. The van der Waals surface area contributed by atoms with Gasteiger partial charge in [0.05, 0.1) is 5.56 Å². The fourth-order valence-corrected chi connectivity index (χ4v) is 2.10. The number of carbonyl (C=O) groups excluding carboxylic acids is 1. The van der Waals surface area contributed by atoms with Crippen molar-refractivity contribution in [1.29, 1.82) is 5.26 Å². The molecule has 0 aromatic carbocycles. The Balaban J connectivity index is 2.20. The summed E-state index contributed by atoms with van der Waals surface area (Å²) in [5, 5.41) is 11.4. The smallest absolute Gasteiger partial charge is 0.242 e. The Morgan fingerprint density at radius 1 is 1.65 bits per heavy atom. The molecular weight excluding hydrogens is 216 g/mol. The quantitative estimate of drug-likeness (QED) is 0.810. The van der Waals surface area contributed by atoms with Crippen LogP contribution in [0.3, 0.4) is 0 Å². The van der Waals surface area contributed by atoms with Gasteiger partial charge in [-0.3, -0.25) is 4.79 Å². The summed E-state index contributed by atoms with van der Waals surface area (Å²) in [5.41, 5.74) is 0.532. The minimum absolute atomic E-state index is 0.0219. The van der Waals surface area contributed by atoms with Gasteiger partial charge in [0.15, 0.2) is 0 Å². The second kappa shape index (κ2) is 4.83. The summed E-state index contributed by atoms with van der Waals surface area (Å²) in [4.78, 5) is 17.9. The maximum absolute atomic E-state index is 11.7. The number of hydrogen-bond acceptors (Lipinski definition) is 4. The number of anilines is 1. The Morgan fingerprint density at radius 2 is 2.47 bits per heavy atom. The fraction of sp³-hybridized carbons (Fsp3) is 0.417. The van der Waals surface area contributed by atoms with Crippen LogP contribution in [0.4, 0.5) is 5.82 Å². The van der Waals surface area contributed by atoms with Gasteiger partial charge in [0.2, 0.25) is 5.91 Å². The molecule has 1 aliphatic rings. The average Bonchev–Trinajstić information content (AvgIpc) is 2.87. The molecule has 0 spiro atoms. The van der Waals surface area contributed by atoms with Gasteiger partial charge in [-0.15, -0.1) is 0 Å². The van der Waals surface area contributed by atoms with Gasteiger partial charge in [-0.2, -0.15) is 5.26 Å². The first-order chi connectivity index (χ1) is 8.26. The van der Waals surface area contributed by atoms with E-state index in [1.165, 1.54) is 6.20 Å². The molecule has 88 valence electrons. The molecule has 2 heterocycles. The topological polar surface area (TPSA) is 69.0 Å². The molecule has 1 N–H and O–H groups in total. The first-order valence-electron chi connectivity index (χ1n) is 5.60. The Labute approximate surface area is 100 Å². The van der Waals surface area contributed by atoms with Crippen LogP contribution in [-0.4, -0.2) is 30.5 Å². The van der Waals surface area contributed by atoms with Crippen molar-refractivity contribution in [2.24, 2.45) is 0 Å². The highest BCUT2D eigenvalue weighted by Crippen LogP contribution is 2.23. The number of nitriles is 1. The zero-order chi connectivity index (χ0) is 12.3. The zero-order valence-corrected chi connectivity index (χ0v) is 9.68. The van der Waals surface area contributed by atoms with Crippen LogP contribution in [0.15, 0.2) is 18.3 Å². The Morgan fingerprint density at radius 3 is 3.06 bits per heavy atom. The standard InChI is InChI=1S/C12H14N4O/c1-14-12(17)10-3-2-6-16(10)11-5-4-9(7-13)8-15-11/h4-5,8,10H,2-3,6H2,1H3,(H,14,17). The van der Waals surface area contributed by atoms with Gasteiger partial charge >= 0.3 is 0 Å². The van der Waals surface area contributed by atoms with Crippen molar-refractivity contribution in [3.05, 3.63) is 23.9 Å². The van der Waals surface area contributed by atoms with Crippen molar-refractivity contribution in [2.45, 2.75) is 18.9 Å². The molecule has 5 nitrogen and oxygen atoms in total.